The number of hydrogen-bond acceptors (Lipinski definition) is 4. The number of nitrogens with one attached hydrogen (secondary N) is 1. The highest BCUT2D eigenvalue weighted by Crippen LogP contribution is 2.33. The van der Waals surface area contributed by atoms with Gasteiger partial charge in [-0.15, -0.1) is 0 Å². The molecule has 0 aliphatic rings. The molecule has 0 bridgehead atoms. The molecule has 0 aliphatic heterocycles. The maximum atomic E-state index is 11.6. The summed E-state index contributed by atoms with van der Waals surface area (Å²) in [6.45, 7) is 6.04. The van der Waals surface area contributed by atoms with Gasteiger partial charge in [-0.05, 0) is 73.9 Å². The number of anilines is 1. The monoisotopic (exact) mass is 421 g/mol. The van der Waals surface area contributed by atoms with Crippen molar-refractivity contribution in [3.8, 4) is 17.2 Å². The van der Waals surface area contributed by atoms with Crippen LogP contribution in [0.5, 0.6) is 0 Å². The van der Waals surface area contributed by atoms with E-state index in [4.69, 9.17) is 10.2 Å². The van der Waals surface area contributed by atoms with Gasteiger partial charge in [0.2, 0.25) is 0 Å². The Labute approximate surface area is 187 Å². The molecule has 4 rings (SSSR count). The van der Waals surface area contributed by atoms with Gasteiger partial charge in [-0.2, -0.15) is 5.26 Å². The number of carboxylic acid groups (broad SMARTS) is 1. The van der Waals surface area contributed by atoms with Gasteiger partial charge >= 0.3 is 5.97 Å². The molecule has 5 heteroatoms. The van der Waals surface area contributed by atoms with E-state index in [0.29, 0.717) is 11.3 Å². The van der Waals surface area contributed by atoms with E-state index in [1.165, 1.54) is 0 Å². The van der Waals surface area contributed by atoms with Crippen molar-refractivity contribution < 1.29 is 9.90 Å². The van der Waals surface area contributed by atoms with E-state index in [-0.39, 0.29) is 11.6 Å². The molecule has 0 spiro atoms. The van der Waals surface area contributed by atoms with E-state index in [2.05, 4.69) is 29.6 Å². The van der Waals surface area contributed by atoms with Crippen molar-refractivity contribution in [2.24, 2.45) is 0 Å². The summed E-state index contributed by atoms with van der Waals surface area (Å²) in [5.74, 6) is -0.963. The number of aromatic carboxylic acids is 1. The number of pyridine rings is 1. The van der Waals surface area contributed by atoms with Crippen LogP contribution in [0.15, 0.2) is 66.7 Å². The van der Waals surface area contributed by atoms with Crippen LogP contribution >= 0.6 is 0 Å². The zero-order valence-corrected chi connectivity index (χ0v) is 18.2. The normalized spacial score (nSPS) is 11.7. The summed E-state index contributed by atoms with van der Waals surface area (Å²) >= 11 is 0. The molecule has 158 valence electrons. The van der Waals surface area contributed by atoms with E-state index < -0.39 is 5.97 Å². The second-order valence-corrected chi connectivity index (χ2v) is 7.95. The molecule has 0 saturated carbocycles. The number of nitrogens with zero attached hydrogens (tertiary/aromatic N) is 2. The van der Waals surface area contributed by atoms with Gasteiger partial charge in [-0.1, -0.05) is 30.3 Å². The van der Waals surface area contributed by atoms with E-state index in [0.717, 1.165) is 38.9 Å². The van der Waals surface area contributed by atoms with Crippen molar-refractivity contribution in [2.45, 2.75) is 26.8 Å². The molecule has 4 aromatic rings. The van der Waals surface area contributed by atoms with Crippen LogP contribution in [0, 0.1) is 25.2 Å². The molecular formula is C27H23N3O2. The first-order valence-electron chi connectivity index (χ1n) is 10.4. The zero-order valence-electron chi connectivity index (χ0n) is 18.2. The third-order valence-corrected chi connectivity index (χ3v) is 5.62. The first kappa shape index (κ1) is 21.1. The van der Waals surface area contributed by atoms with Gasteiger partial charge in [0.1, 0.15) is 0 Å². The van der Waals surface area contributed by atoms with Crippen molar-refractivity contribution in [2.75, 3.05) is 5.32 Å². The van der Waals surface area contributed by atoms with Crippen LogP contribution in [-0.4, -0.2) is 16.1 Å². The number of rotatable bonds is 5. The van der Waals surface area contributed by atoms with Gasteiger partial charge in [0, 0.05) is 28.4 Å². The Balaban J connectivity index is 1.82. The van der Waals surface area contributed by atoms with E-state index in [1.807, 2.05) is 51.1 Å². The fraction of sp³-hybridized carbons (Fsp3) is 0.148. The average Bonchev–Trinajstić information content (AvgIpc) is 2.78. The highest BCUT2D eigenvalue weighted by atomic mass is 16.4. The SMILES string of the molecule is Cc1cc(C(C)Nc2ccccc2C(=O)O)c2cc(-c3ccc(C#N)cc3)c(C)nc2c1. The second kappa shape index (κ2) is 8.52. The van der Waals surface area contributed by atoms with Crippen LogP contribution in [0.25, 0.3) is 22.0 Å². The van der Waals surface area contributed by atoms with Gasteiger partial charge in [0.25, 0.3) is 0 Å². The number of fused-ring (bicyclic) bond motifs is 1. The lowest BCUT2D eigenvalue weighted by molar-refractivity contribution is 0.0698. The van der Waals surface area contributed by atoms with E-state index in [9.17, 15) is 9.90 Å². The molecule has 0 radical (unpaired) electrons. The van der Waals surface area contributed by atoms with Crippen molar-refractivity contribution in [1.29, 1.82) is 5.26 Å². The highest BCUT2D eigenvalue weighted by Gasteiger charge is 2.17. The summed E-state index contributed by atoms with van der Waals surface area (Å²) in [5.41, 5.74) is 7.38. The quantitative estimate of drug-likeness (QED) is 0.397. The Hall–Kier alpha value is -4.17. The van der Waals surface area contributed by atoms with Crippen LogP contribution < -0.4 is 5.32 Å². The van der Waals surface area contributed by atoms with Crippen LogP contribution in [-0.2, 0) is 0 Å². The number of hydrogen-bond donors (Lipinski definition) is 2. The molecule has 1 atom stereocenters. The minimum Gasteiger partial charge on any atom is -0.478 e. The number of benzene rings is 3. The number of aromatic nitrogens is 1. The number of nitriles is 1. The predicted molar refractivity (Wildman–Crippen MR) is 127 cm³/mol. The van der Waals surface area contributed by atoms with Crippen molar-refractivity contribution in [3.63, 3.8) is 0 Å². The molecule has 1 unspecified atom stereocenters. The molecule has 5 nitrogen and oxygen atoms in total. The summed E-state index contributed by atoms with van der Waals surface area (Å²) in [4.78, 5) is 16.5. The summed E-state index contributed by atoms with van der Waals surface area (Å²) in [6.07, 6.45) is 0. The fourth-order valence-corrected chi connectivity index (χ4v) is 4.03. The molecule has 1 heterocycles. The fourth-order valence-electron chi connectivity index (χ4n) is 4.03. The number of carboxylic acids is 1. The maximum Gasteiger partial charge on any atom is 0.337 e. The third kappa shape index (κ3) is 4.03. The molecule has 0 aliphatic carbocycles. The van der Waals surface area contributed by atoms with Crippen LogP contribution in [0.4, 0.5) is 5.69 Å². The number of para-hydroxylation sites is 1. The van der Waals surface area contributed by atoms with Gasteiger partial charge in [-0.25, -0.2) is 4.79 Å². The standard InChI is InChI=1S/C27H23N3O2/c1-16-12-23(18(3)29-25-7-5-4-6-21(25)27(31)32)24-14-22(17(2)30-26(24)13-16)20-10-8-19(15-28)9-11-20/h4-14,18,29H,1-3H3,(H,31,32). The summed E-state index contributed by atoms with van der Waals surface area (Å²) in [7, 11) is 0. The first-order valence-corrected chi connectivity index (χ1v) is 10.4. The minimum atomic E-state index is -0.963. The summed E-state index contributed by atoms with van der Waals surface area (Å²) in [6, 6.07) is 22.7. The second-order valence-electron chi connectivity index (χ2n) is 7.95. The lowest BCUT2D eigenvalue weighted by Gasteiger charge is -2.20. The first-order chi connectivity index (χ1) is 15.4. The third-order valence-electron chi connectivity index (χ3n) is 5.62. The van der Waals surface area contributed by atoms with Crippen LogP contribution in [0.1, 0.15) is 45.7 Å². The lowest BCUT2D eigenvalue weighted by atomic mass is 9.95. The van der Waals surface area contributed by atoms with Gasteiger partial charge in [0.15, 0.2) is 0 Å². The number of carbonyl (C=O) groups is 1. The molecule has 0 amide bonds. The van der Waals surface area contributed by atoms with Gasteiger partial charge < -0.3 is 10.4 Å². The Morgan fingerprint density at radius 2 is 1.78 bits per heavy atom. The van der Waals surface area contributed by atoms with Crippen molar-refractivity contribution >= 4 is 22.6 Å². The molecule has 0 saturated heterocycles. The largest absolute Gasteiger partial charge is 0.478 e. The topological polar surface area (TPSA) is 86.0 Å². The number of aryl methyl sites for hydroxylation is 2. The van der Waals surface area contributed by atoms with Crippen molar-refractivity contribution in [1.82, 2.24) is 4.98 Å². The predicted octanol–water partition coefficient (Wildman–Crippen LogP) is 6.26. The highest BCUT2D eigenvalue weighted by molar-refractivity contribution is 5.94. The maximum absolute atomic E-state index is 11.6. The van der Waals surface area contributed by atoms with Gasteiger partial charge in [-0.3, -0.25) is 4.98 Å². The van der Waals surface area contributed by atoms with E-state index >= 15 is 0 Å². The molecule has 2 N–H and O–H groups in total. The van der Waals surface area contributed by atoms with Crippen LogP contribution in [0.3, 0.4) is 0 Å². The molecular weight excluding hydrogens is 398 g/mol. The Bertz CT molecular complexity index is 1370. The molecule has 0 fully saturated rings. The molecule has 1 aromatic heterocycles. The van der Waals surface area contributed by atoms with E-state index in [1.54, 1.807) is 18.2 Å². The minimum absolute atomic E-state index is 0.142. The lowest BCUT2D eigenvalue weighted by Crippen LogP contribution is -2.11. The average molecular weight is 422 g/mol. The smallest absolute Gasteiger partial charge is 0.337 e. The van der Waals surface area contributed by atoms with Crippen molar-refractivity contribution in [3.05, 3.63) is 94.7 Å². The van der Waals surface area contributed by atoms with Crippen LogP contribution in [0.2, 0.25) is 0 Å². The summed E-state index contributed by atoms with van der Waals surface area (Å²) < 4.78 is 0. The molecule has 32 heavy (non-hydrogen) atoms. The van der Waals surface area contributed by atoms with Gasteiger partial charge in [0.05, 0.1) is 22.7 Å². The Morgan fingerprint density at radius 3 is 2.47 bits per heavy atom. The summed E-state index contributed by atoms with van der Waals surface area (Å²) in [5, 5.41) is 23.0. The Kier molecular flexibility index (Phi) is 5.61. The Morgan fingerprint density at radius 1 is 1.06 bits per heavy atom. The molecule has 3 aromatic carbocycles. The zero-order chi connectivity index (χ0) is 22.8.